The molecular weight excluding hydrogens is 372 g/mol. The van der Waals surface area contributed by atoms with Gasteiger partial charge in [0, 0.05) is 32.4 Å². The molecule has 0 atom stereocenters. The second kappa shape index (κ2) is 6.93. The second-order valence-corrected chi connectivity index (χ2v) is 6.86. The molecule has 0 aliphatic rings. The molecule has 0 spiro atoms. The van der Waals surface area contributed by atoms with Crippen molar-refractivity contribution in [3.63, 3.8) is 0 Å². The molecule has 1 aromatic heterocycles. The van der Waals surface area contributed by atoms with Gasteiger partial charge in [0.05, 0.1) is 21.6 Å². The van der Waals surface area contributed by atoms with Crippen molar-refractivity contribution >= 4 is 52.0 Å². The molecule has 0 aliphatic carbocycles. The van der Waals surface area contributed by atoms with Gasteiger partial charge in [-0.15, -0.1) is 0 Å². The molecule has 134 valence electrons. The van der Waals surface area contributed by atoms with E-state index < -0.39 is 0 Å². The zero-order valence-electron chi connectivity index (χ0n) is 14.5. The van der Waals surface area contributed by atoms with Crippen LogP contribution in [0.5, 0.6) is 0 Å². The lowest BCUT2D eigenvalue weighted by Gasteiger charge is -2.15. The van der Waals surface area contributed by atoms with Crippen LogP contribution in [0, 0.1) is 4.77 Å². The normalized spacial score (nSPS) is 10.8. The molecule has 2 aromatic carbocycles. The van der Waals surface area contributed by atoms with Gasteiger partial charge in [-0.2, -0.15) is 0 Å². The van der Waals surface area contributed by atoms with Gasteiger partial charge in [0.25, 0.3) is 11.5 Å². The molecule has 0 saturated heterocycles. The van der Waals surface area contributed by atoms with Gasteiger partial charge < -0.3 is 15.2 Å². The number of anilines is 2. The summed E-state index contributed by atoms with van der Waals surface area (Å²) in [6, 6.07) is 10.1. The Hall–Kier alpha value is -2.64. The number of hydrogen-bond acceptors (Lipinski definition) is 4. The average molecular weight is 389 g/mol. The fourth-order valence-corrected chi connectivity index (χ4v) is 3.14. The van der Waals surface area contributed by atoms with Crippen LogP contribution in [0.15, 0.2) is 41.2 Å². The minimum atomic E-state index is -0.305. The molecule has 6 nitrogen and oxygen atoms in total. The van der Waals surface area contributed by atoms with E-state index in [1.165, 1.54) is 4.57 Å². The van der Waals surface area contributed by atoms with Gasteiger partial charge in [-0.1, -0.05) is 11.6 Å². The largest absolute Gasteiger partial charge is 0.376 e. The number of aromatic amines is 1. The van der Waals surface area contributed by atoms with E-state index in [4.69, 9.17) is 23.8 Å². The summed E-state index contributed by atoms with van der Waals surface area (Å²) in [5.41, 5.74) is 2.17. The molecule has 0 saturated carbocycles. The molecule has 1 heterocycles. The highest BCUT2D eigenvalue weighted by atomic mass is 35.5. The van der Waals surface area contributed by atoms with Crippen molar-refractivity contribution in [1.82, 2.24) is 9.55 Å². The first-order chi connectivity index (χ1) is 12.3. The van der Waals surface area contributed by atoms with E-state index >= 15 is 0 Å². The minimum absolute atomic E-state index is 0.207. The molecule has 0 fully saturated rings. The van der Waals surface area contributed by atoms with Gasteiger partial charge in [0.15, 0.2) is 4.77 Å². The Bertz CT molecular complexity index is 1130. The molecule has 3 rings (SSSR count). The van der Waals surface area contributed by atoms with Gasteiger partial charge in [0.2, 0.25) is 0 Å². The zero-order valence-corrected chi connectivity index (χ0v) is 16.0. The summed E-state index contributed by atoms with van der Waals surface area (Å²) in [4.78, 5) is 29.6. The Balaban J connectivity index is 1.93. The molecule has 0 unspecified atom stereocenters. The van der Waals surface area contributed by atoms with Gasteiger partial charge >= 0.3 is 0 Å². The van der Waals surface area contributed by atoms with Gasteiger partial charge in [-0.25, -0.2) is 0 Å². The first-order valence-corrected chi connectivity index (χ1v) is 8.58. The van der Waals surface area contributed by atoms with Crippen molar-refractivity contribution < 1.29 is 4.79 Å². The highest BCUT2D eigenvalue weighted by Crippen LogP contribution is 2.27. The number of hydrogen-bond donors (Lipinski definition) is 2. The fraction of sp³-hybridized carbons (Fsp3) is 0.167. The smallest absolute Gasteiger partial charge is 0.261 e. The van der Waals surface area contributed by atoms with Gasteiger partial charge in [0.1, 0.15) is 0 Å². The number of halogens is 1. The maximum Gasteiger partial charge on any atom is 0.261 e. The summed E-state index contributed by atoms with van der Waals surface area (Å²) in [6.07, 6.45) is 0. The molecule has 0 bridgehead atoms. The standard InChI is InChI=1S/C18H17ClN4O2S/c1-22(2)15-7-5-11(9-13(15)19)20-16(24)10-4-6-12-14(8-10)21-18(26)23(3)17(12)25/h4-9H,1-3H3,(H,20,24)(H,21,26). The first kappa shape index (κ1) is 18.2. The predicted octanol–water partition coefficient (Wildman–Crippen LogP) is 3.57. The molecule has 2 N–H and O–H groups in total. The van der Waals surface area contributed by atoms with E-state index in [9.17, 15) is 9.59 Å². The number of benzene rings is 2. The lowest BCUT2D eigenvalue weighted by Crippen LogP contribution is -2.19. The van der Waals surface area contributed by atoms with Crippen LogP contribution in [0.4, 0.5) is 11.4 Å². The van der Waals surface area contributed by atoms with E-state index in [1.807, 2.05) is 25.1 Å². The number of fused-ring (bicyclic) bond motifs is 1. The van der Waals surface area contributed by atoms with E-state index in [0.29, 0.717) is 31.9 Å². The summed E-state index contributed by atoms with van der Waals surface area (Å²) in [6.45, 7) is 0. The Morgan fingerprint density at radius 1 is 1.23 bits per heavy atom. The molecule has 0 aliphatic heterocycles. The summed E-state index contributed by atoms with van der Waals surface area (Å²) in [5.74, 6) is -0.305. The van der Waals surface area contributed by atoms with Crippen LogP contribution in [-0.4, -0.2) is 29.6 Å². The summed E-state index contributed by atoms with van der Waals surface area (Å²) in [7, 11) is 5.38. The third-order valence-electron chi connectivity index (χ3n) is 4.05. The number of nitrogens with zero attached hydrogens (tertiary/aromatic N) is 2. The number of H-pyrrole nitrogens is 1. The first-order valence-electron chi connectivity index (χ1n) is 7.79. The predicted molar refractivity (Wildman–Crippen MR) is 108 cm³/mol. The van der Waals surface area contributed by atoms with Crippen LogP contribution < -0.4 is 15.8 Å². The number of carbonyl (C=O) groups excluding carboxylic acids is 1. The Morgan fingerprint density at radius 3 is 2.62 bits per heavy atom. The van der Waals surface area contributed by atoms with Crippen LogP contribution in [0.25, 0.3) is 10.9 Å². The van der Waals surface area contributed by atoms with E-state index in [-0.39, 0.29) is 11.5 Å². The van der Waals surface area contributed by atoms with Gasteiger partial charge in [-0.05, 0) is 48.6 Å². The highest BCUT2D eigenvalue weighted by Gasteiger charge is 2.11. The number of rotatable bonds is 3. The molecule has 1 amide bonds. The number of amides is 1. The van der Waals surface area contributed by atoms with Crippen molar-refractivity contribution in [3.8, 4) is 0 Å². The minimum Gasteiger partial charge on any atom is -0.376 e. The SMILES string of the molecule is CN(C)c1ccc(NC(=O)c2ccc3c(=O)n(C)c(=S)[nH]c3c2)cc1Cl. The van der Waals surface area contributed by atoms with Crippen LogP contribution in [-0.2, 0) is 7.05 Å². The summed E-state index contributed by atoms with van der Waals surface area (Å²) >= 11 is 11.4. The van der Waals surface area contributed by atoms with E-state index in [2.05, 4.69) is 10.3 Å². The van der Waals surface area contributed by atoms with Crippen LogP contribution >= 0.6 is 23.8 Å². The Morgan fingerprint density at radius 2 is 1.96 bits per heavy atom. The number of carbonyl (C=O) groups is 1. The van der Waals surface area contributed by atoms with E-state index in [0.717, 1.165) is 5.69 Å². The second-order valence-electron chi connectivity index (χ2n) is 6.07. The molecule has 3 aromatic rings. The van der Waals surface area contributed by atoms with Crippen molar-refractivity contribution in [2.45, 2.75) is 0 Å². The third-order valence-corrected chi connectivity index (χ3v) is 4.73. The Labute approximate surface area is 160 Å². The maximum absolute atomic E-state index is 12.5. The van der Waals surface area contributed by atoms with E-state index in [1.54, 1.807) is 37.4 Å². The summed E-state index contributed by atoms with van der Waals surface area (Å²) in [5, 5.41) is 3.81. The molecule has 26 heavy (non-hydrogen) atoms. The molecular formula is C18H17ClN4O2S. The Kier molecular flexibility index (Phi) is 4.84. The fourth-order valence-electron chi connectivity index (χ4n) is 2.60. The van der Waals surface area contributed by atoms with Crippen molar-refractivity contribution in [2.75, 3.05) is 24.3 Å². The number of aromatic nitrogens is 2. The number of nitrogens with one attached hydrogen (secondary N) is 2. The maximum atomic E-state index is 12.5. The topological polar surface area (TPSA) is 70.1 Å². The highest BCUT2D eigenvalue weighted by molar-refractivity contribution is 7.71. The monoisotopic (exact) mass is 388 g/mol. The van der Waals surface area contributed by atoms with Crippen LogP contribution in [0.3, 0.4) is 0 Å². The zero-order chi connectivity index (χ0) is 19.0. The van der Waals surface area contributed by atoms with Crippen LogP contribution in [0.2, 0.25) is 5.02 Å². The van der Waals surface area contributed by atoms with Crippen molar-refractivity contribution in [1.29, 1.82) is 0 Å². The van der Waals surface area contributed by atoms with Gasteiger partial charge in [-0.3, -0.25) is 14.2 Å². The van der Waals surface area contributed by atoms with Crippen molar-refractivity contribution in [3.05, 3.63) is 62.1 Å². The lowest BCUT2D eigenvalue weighted by atomic mass is 10.1. The summed E-state index contributed by atoms with van der Waals surface area (Å²) < 4.78 is 1.65. The quantitative estimate of drug-likeness (QED) is 0.673. The average Bonchev–Trinajstić information content (AvgIpc) is 2.59. The van der Waals surface area contributed by atoms with Crippen molar-refractivity contribution in [2.24, 2.45) is 7.05 Å². The lowest BCUT2D eigenvalue weighted by molar-refractivity contribution is 0.102. The molecule has 8 heteroatoms. The van der Waals surface area contributed by atoms with Crippen LogP contribution in [0.1, 0.15) is 10.4 Å². The molecule has 0 radical (unpaired) electrons. The third kappa shape index (κ3) is 3.36.